The molecule has 2 aromatic carbocycles. The molecule has 0 saturated heterocycles. The van der Waals surface area contributed by atoms with Crippen LogP contribution in [0.1, 0.15) is 33.1 Å². The lowest BCUT2D eigenvalue weighted by Crippen LogP contribution is -2.25. The standard InChI is InChI=1S/C24H29NO2S2.CH4O/c1-3-5-10-19-17-25(20-11-7-6-8-12-20)21-15-24(28-4-2)22(27-14-9-13-26)16-23(21)29-18-19;1-2/h6-9,11-16,19H,3-5,10,17-18H2,1-2H3;2H,1H3/b14-9+;. The second-order valence-corrected chi connectivity index (χ2v) is 9.42. The van der Waals surface area contributed by atoms with Gasteiger partial charge in [-0.1, -0.05) is 44.9 Å². The topological polar surface area (TPSA) is 49.8 Å². The van der Waals surface area contributed by atoms with Crippen molar-refractivity contribution in [2.45, 2.75) is 42.9 Å². The van der Waals surface area contributed by atoms with Gasteiger partial charge >= 0.3 is 0 Å². The SMILES string of the molecule is CCCCC1CSc2cc(O/C=C/C=O)c(SCC)cc2N(c2ccccc2)C1.CO. The van der Waals surface area contributed by atoms with Gasteiger partial charge < -0.3 is 14.7 Å². The van der Waals surface area contributed by atoms with Crippen molar-refractivity contribution in [1.29, 1.82) is 0 Å². The third kappa shape index (κ3) is 7.34. The highest BCUT2D eigenvalue weighted by Gasteiger charge is 2.25. The molecule has 0 amide bonds. The third-order valence-electron chi connectivity index (χ3n) is 4.92. The van der Waals surface area contributed by atoms with Gasteiger partial charge in [-0.25, -0.2) is 0 Å². The molecule has 1 heterocycles. The Morgan fingerprint density at radius 2 is 2.00 bits per heavy atom. The van der Waals surface area contributed by atoms with E-state index in [4.69, 9.17) is 9.84 Å². The average molecular weight is 460 g/mol. The van der Waals surface area contributed by atoms with Crippen LogP contribution in [0.3, 0.4) is 0 Å². The van der Waals surface area contributed by atoms with Gasteiger partial charge in [-0.05, 0) is 42.4 Å². The zero-order chi connectivity index (χ0) is 22.5. The van der Waals surface area contributed by atoms with E-state index in [-0.39, 0.29) is 0 Å². The van der Waals surface area contributed by atoms with Gasteiger partial charge in [0.1, 0.15) is 12.0 Å². The first-order valence-corrected chi connectivity index (χ1v) is 12.7. The van der Waals surface area contributed by atoms with Gasteiger partial charge in [0.25, 0.3) is 0 Å². The first-order valence-electron chi connectivity index (χ1n) is 10.7. The number of fused-ring (bicyclic) bond motifs is 1. The number of hydrogen-bond acceptors (Lipinski definition) is 6. The van der Waals surface area contributed by atoms with Crippen LogP contribution in [-0.2, 0) is 4.79 Å². The summed E-state index contributed by atoms with van der Waals surface area (Å²) in [5.41, 5.74) is 2.49. The number of carbonyl (C=O) groups is 1. The van der Waals surface area contributed by atoms with Crippen LogP contribution in [-0.4, -0.2) is 36.6 Å². The number of aliphatic hydroxyl groups excluding tert-OH is 1. The van der Waals surface area contributed by atoms with Crippen LogP contribution < -0.4 is 9.64 Å². The van der Waals surface area contributed by atoms with Gasteiger partial charge in [-0.15, -0.1) is 23.5 Å². The van der Waals surface area contributed by atoms with Gasteiger partial charge in [-0.3, -0.25) is 4.79 Å². The van der Waals surface area contributed by atoms with Gasteiger partial charge in [0.05, 0.1) is 16.8 Å². The largest absolute Gasteiger partial charge is 0.464 e. The molecule has 0 radical (unpaired) electrons. The third-order valence-corrected chi connectivity index (χ3v) is 7.11. The zero-order valence-corrected chi connectivity index (χ0v) is 20.3. The highest BCUT2D eigenvalue weighted by Crippen LogP contribution is 2.45. The van der Waals surface area contributed by atoms with E-state index >= 15 is 0 Å². The second kappa shape index (κ2) is 14.2. The zero-order valence-electron chi connectivity index (χ0n) is 18.6. The molecule has 6 heteroatoms. The Morgan fingerprint density at radius 1 is 1.23 bits per heavy atom. The Balaban J connectivity index is 0.00000166. The lowest BCUT2D eigenvalue weighted by atomic mass is 10.0. The van der Waals surface area contributed by atoms with Gasteiger partial charge in [0.15, 0.2) is 0 Å². The number of carbonyl (C=O) groups excluding carboxylic acids is 1. The van der Waals surface area contributed by atoms with E-state index in [9.17, 15) is 4.79 Å². The second-order valence-electron chi connectivity index (χ2n) is 7.05. The Hall–Kier alpha value is -1.89. The predicted octanol–water partition coefficient (Wildman–Crippen LogP) is 6.55. The minimum Gasteiger partial charge on any atom is -0.464 e. The molecule has 1 N–H and O–H groups in total. The van der Waals surface area contributed by atoms with Crippen LogP contribution in [0.4, 0.5) is 11.4 Å². The number of benzene rings is 2. The summed E-state index contributed by atoms with van der Waals surface area (Å²) in [7, 11) is 1.00. The van der Waals surface area contributed by atoms with Crippen molar-refractivity contribution in [1.82, 2.24) is 0 Å². The Labute approximate surface area is 195 Å². The molecular weight excluding hydrogens is 426 g/mol. The molecule has 1 aliphatic rings. The van der Waals surface area contributed by atoms with Crippen LogP contribution in [0, 0.1) is 5.92 Å². The van der Waals surface area contributed by atoms with E-state index in [0.717, 1.165) is 42.1 Å². The first-order chi connectivity index (χ1) is 15.3. The molecule has 0 fully saturated rings. The number of para-hydroxylation sites is 1. The number of anilines is 2. The van der Waals surface area contributed by atoms with Gasteiger partial charge in [-0.2, -0.15) is 0 Å². The maximum atomic E-state index is 10.6. The van der Waals surface area contributed by atoms with Crippen LogP contribution in [0.2, 0.25) is 0 Å². The number of thioether (sulfide) groups is 2. The van der Waals surface area contributed by atoms with E-state index in [1.54, 1.807) is 11.8 Å². The molecule has 1 atom stereocenters. The molecule has 2 aromatic rings. The lowest BCUT2D eigenvalue weighted by Gasteiger charge is -2.28. The Morgan fingerprint density at radius 3 is 2.68 bits per heavy atom. The van der Waals surface area contributed by atoms with Crippen molar-refractivity contribution in [2.24, 2.45) is 5.92 Å². The predicted molar refractivity (Wildman–Crippen MR) is 134 cm³/mol. The summed E-state index contributed by atoms with van der Waals surface area (Å²) < 4.78 is 5.81. The number of aliphatic hydroxyl groups is 1. The van der Waals surface area contributed by atoms with Crippen LogP contribution in [0.5, 0.6) is 5.75 Å². The summed E-state index contributed by atoms with van der Waals surface area (Å²) in [6.07, 6.45) is 7.35. The number of nitrogens with zero attached hydrogens (tertiary/aromatic N) is 1. The summed E-state index contributed by atoms with van der Waals surface area (Å²) in [4.78, 5) is 15.4. The number of allylic oxidation sites excluding steroid dienone is 1. The number of aldehydes is 1. The molecule has 31 heavy (non-hydrogen) atoms. The minimum atomic E-state index is 0.647. The summed E-state index contributed by atoms with van der Waals surface area (Å²) >= 11 is 3.69. The molecule has 0 bridgehead atoms. The van der Waals surface area contributed by atoms with Gasteiger partial charge in [0, 0.05) is 36.1 Å². The molecule has 0 spiro atoms. The van der Waals surface area contributed by atoms with Crippen molar-refractivity contribution in [3.63, 3.8) is 0 Å². The highest BCUT2D eigenvalue weighted by molar-refractivity contribution is 7.99. The average Bonchev–Trinajstić information content (AvgIpc) is 2.99. The van der Waals surface area contributed by atoms with Crippen molar-refractivity contribution in [3.05, 3.63) is 54.8 Å². The minimum absolute atomic E-state index is 0.647. The summed E-state index contributed by atoms with van der Waals surface area (Å²) in [5, 5.41) is 7.00. The monoisotopic (exact) mass is 459 g/mol. The van der Waals surface area contributed by atoms with E-state index in [1.807, 2.05) is 11.8 Å². The van der Waals surface area contributed by atoms with Crippen molar-refractivity contribution in [3.8, 4) is 5.75 Å². The Bertz CT molecular complexity index is 827. The quantitative estimate of drug-likeness (QED) is 0.199. The molecule has 0 saturated carbocycles. The molecule has 1 aliphatic heterocycles. The van der Waals surface area contributed by atoms with E-state index < -0.39 is 0 Å². The molecule has 3 rings (SSSR count). The molecule has 1 unspecified atom stereocenters. The lowest BCUT2D eigenvalue weighted by molar-refractivity contribution is -0.104. The summed E-state index contributed by atoms with van der Waals surface area (Å²) in [6, 6.07) is 15.1. The number of hydrogen-bond donors (Lipinski definition) is 1. The normalized spacial score (nSPS) is 15.6. The first kappa shape index (κ1) is 25.4. The van der Waals surface area contributed by atoms with E-state index in [0.29, 0.717) is 5.92 Å². The summed E-state index contributed by atoms with van der Waals surface area (Å²) in [5.74, 6) is 3.54. The molecule has 0 aliphatic carbocycles. The number of rotatable bonds is 9. The maximum absolute atomic E-state index is 10.6. The van der Waals surface area contributed by atoms with Crippen LogP contribution in [0.25, 0.3) is 0 Å². The summed E-state index contributed by atoms with van der Waals surface area (Å²) in [6.45, 7) is 5.44. The smallest absolute Gasteiger partial charge is 0.145 e. The van der Waals surface area contributed by atoms with Gasteiger partial charge in [0.2, 0.25) is 0 Å². The van der Waals surface area contributed by atoms with E-state index in [1.165, 1.54) is 47.9 Å². The number of unbranched alkanes of at least 4 members (excludes halogenated alkanes) is 1. The molecule has 4 nitrogen and oxygen atoms in total. The van der Waals surface area contributed by atoms with Crippen molar-refractivity contribution < 1.29 is 14.6 Å². The highest BCUT2D eigenvalue weighted by atomic mass is 32.2. The maximum Gasteiger partial charge on any atom is 0.145 e. The number of ether oxygens (including phenoxy) is 1. The Kier molecular flexibility index (Phi) is 11.6. The van der Waals surface area contributed by atoms with Crippen LogP contribution in [0.15, 0.2) is 64.6 Å². The van der Waals surface area contributed by atoms with Crippen molar-refractivity contribution >= 4 is 41.2 Å². The molecule has 0 aromatic heterocycles. The van der Waals surface area contributed by atoms with E-state index in [2.05, 4.69) is 61.2 Å². The fourth-order valence-electron chi connectivity index (χ4n) is 3.50. The molecule has 168 valence electrons. The van der Waals surface area contributed by atoms with Crippen molar-refractivity contribution in [2.75, 3.05) is 30.1 Å². The fourth-order valence-corrected chi connectivity index (χ4v) is 5.45. The van der Waals surface area contributed by atoms with Crippen LogP contribution >= 0.6 is 23.5 Å². The molecular formula is C25H33NO3S2. The fraction of sp³-hybridized carbons (Fsp3) is 0.400.